The van der Waals surface area contributed by atoms with Gasteiger partial charge in [0.15, 0.2) is 11.5 Å². The van der Waals surface area contributed by atoms with Crippen molar-refractivity contribution >= 4 is 0 Å². The Hall–Kier alpha value is -1.26. The molecule has 0 aromatic heterocycles. The van der Waals surface area contributed by atoms with Crippen LogP contribution in [-0.2, 0) is 6.54 Å². The molecule has 0 unspecified atom stereocenters. The van der Waals surface area contributed by atoms with Gasteiger partial charge in [0.05, 0.1) is 0 Å². The van der Waals surface area contributed by atoms with Crippen LogP contribution in [0.2, 0.25) is 0 Å². The first kappa shape index (κ1) is 13.2. The van der Waals surface area contributed by atoms with Crippen molar-refractivity contribution in [2.45, 2.75) is 32.9 Å². The number of fused-ring (bicyclic) bond motifs is 1. The molecule has 0 bridgehead atoms. The molecule has 100 valence electrons. The summed E-state index contributed by atoms with van der Waals surface area (Å²) in [7, 11) is 1.97. The fraction of sp³-hybridized carbons (Fsp3) is 0.571. The summed E-state index contributed by atoms with van der Waals surface area (Å²) in [6.07, 6.45) is 0. The lowest BCUT2D eigenvalue weighted by molar-refractivity contribution is 0.174. The van der Waals surface area contributed by atoms with Crippen LogP contribution in [-0.4, -0.2) is 25.9 Å². The third-order valence-corrected chi connectivity index (χ3v) is 3.21. The Morgan fingerprint density at radius 2 is 1.89 bits per heavy atom. The van der Waals surface area contributed by atoms with Crippen LogP contribution in [0.1, 0.15) is 25.0 Å². The highest BCUT2D eigenvalue weighted by atomic mass is 16.7. The topological polar surface area (TPSA) is 42.5 Å². The molecule has 2 rings (SSSR count). The normalized spacial score (nSPS) is 14.0. The second kappa shape index (κ2) is 5.16. The zero-order chi connectivity index (χ0) is 13.2. The van der Waals surface area contributed by atoms with Gasteiger partial charge in [0, 0.05) is 18.6 Å². The first-order valence-electron chi connectivity index (χ1n) is 6.30. The fourth-order valence-electron chi connectivity index (χ4n) is 2.12. The van der Waals surface area contributed by atoms with E-state index in [0.717, 1.165) is 24.6 Å². The van der Waals surface area contributed by atoms with E-state index in [0.29, 0.717) is 6.79 Å². The van der Waals surface area contributed by atoms with Gasteiger partial charge in [-0.05, 0) is 51.1 Å². The van der Waals surface area contributed by atoms with Crippen molar-refractivity contribution in [2.24, 2.45) is 0 Å². The number of ether oxygens (including phenoxy) is 2. The van der Waals surface area contributed by atoms with E-state index in [9.17, 15) is 0 Å². The zero-order valence-corrected chi connectivity index (χ0v) is 11.6. The van der Waals surface area contributed by atoms with Gasteiger partial charge in [0.1, 0.15) is 0 Å². The van der Waals surface area contributed by atoms with Crippen molar-refractivity contribution in [1.82, 2.24) is 10.6 Å². The highest BCUT2D eigenvalue weighted by Gasteiger charge is 2.18. The first-order chi connectivity index (χ1) is 8.52. The number of rotatable bonds is 5. The number of hydrogen-bond acceptors (Lipinski definition) is 4. The third-order valence-electron chi connectivity index (χ3n) is 3.21. The summed E-state index contributed by atoms with van der Waals surface area (Å²) >= 11 is 0. The van der Waals surface area contributed by atoms with Crippen molar-refractivity contribution in [3.63, 3.8) is 0 Å². The van der Waals surface area contributed by atoms with Crippen LogP contribution in [0.3, 0.4) is 0 Å². The van der Waals surface area contributed by atoms with Gasteiger partial charge in [-0.25, -0.2) is 0 Å². The molecular formula is C14H22N2O2. The molecule has 18 heavy (non-hydrogen) atoms. The van der Waals surface area contributed by atoms with E-state index >= 15 is 0 Å². The average molecular weight is 250 g/mol. The third kappa shape index (κ3) is 2.94. The Bertz CT molecular complexity index is 430. The summed E-state index contributed by atoms with van der Waals surface area (Å²) in [5, 5.41) is 6.74. The number of likely N-dealkylation sites (N-methyl/N-ethyl adjacent to an activating group) is 1. The van der Waals surface area contributed by atoms with Gasteiger partial charge in [-0.15, -0.1) is 0 Å². The predicted molar refractivity (Wildman–Crippen MR) is 72.1 cm³/mol. The molecule has 4 heteroatoms. The molecule has 1 aliphatic rings. The van der Waals surface area contributed by atoms with Crippen LogP contribution >= 0.6 is 0 Å². The second-order valence-corrected chi connectivity index (χ2v) is 5.40. The van der Waals surface area contributed by atoms with Gasteiger partial charge in [0.2, 0.25) is 6.79 Å². The van der Waals surface area contributed by atoms with Crippen LogP contribution < -0.4 is 20.1 Å². The van der Waals surface area contributed by atoms with Crippen molar-refractivity contribution in [3.05, 3.63) is 23.3 Å². The lowest BCUT2D eigenvalue weighted by Gasteiger charge is -2.26. The summed E-state index contributed by atoms with van der Waals surface area (Å²) in [6, 6.07) is 4.12. The second-order valence-electron chi connectivity index (χ2n) is 5.40. The van der Waals surface area contributed by atoms with Crippen molar-refractivity contribution < 1.29 is 9.47 Å². The van der Waals surface area contributed by atoms with Crippen molar-refractivity contribution in [3.8, 4) is 11.5 Å². The van der Waals surface area contributed by atoms with E-state index in [1.165, 1.54) is 11.1 Å². The van der Waals surface area contributed by atoms with Crippen LogP contribution in [0.4, 0.5) is 0 Å². The molecule has 0 amide bonds. The van der Waals surface area contributed by atoms with Gasteiger partial charge < -0.3 is 20.1 Å². The van der Waals surface area contributed by atoms with Crippen molar-refractivity contribution in [2.75, 3.05) is 20.4 Å². The average Bonchev–Trinajstić information content (AvgIpc) is 2.72. The molecule has 0 atom stereocenters. The molecule has 0 saturated heterocycles. The SMILES string of the molecule is CNCC(C)(C)NCc1cc2c(cc1C)OCO2. The van der Waals surface area contributed by atoms with E-state index in [1.807, 2.05) is 13.1 Å². The minimum Gasteiger partial charge on any atom is -0.454 e. The Kier molecular flexibility index (Phi) is 3.78. The standard InChI is InChI=1S/C14H22N2O2/c1-10-5-12-13(18-9-17-12)6-11(10)7-16-14(2,3)8-15-4/h5-6,15-16H,7-9H2,1-4H3. The summed E-state index contributed by atoms with van der Waals surface area (Å²) in [5.41, 5.74) is 2.55. The molecule has 1 heterocycles. The molecule has 0 radical (unpaired) electrons. The van der Waals surface area contributed by atoms with E-state index in [1.54, 1.807) is 0 Å². The molecular weight excluding hydrogens is 228 g/mol. The van der Waals surface area contributed by atoms with Gasteiger partial charge >= 0.3 is 0 Å². The van der Waals surface area contributed by atoms with E-state index < -0.39 is 0 Å². The van der Waals surface area contributed by atoms with Crippen molar-refractivity contribution in [1.29, 1.82) is 0 Å². The number of hydrogen-bond donors (Lipinski definition) is 2. The van der Waals surface area contributed by atoms with E-state index in [-0.39, 0.29) is 5.54 Å². The highest BCUT2D eigenvalue weighted by Crippen LogP contribution is 2.34. The smallest absolute Gasteiger partial charge is 0.231 e. The maximum Gasteiger partial charge on any atom is 0.231 e. The van der Waals surface area contributed by atoms with Gasteiger partial charge in [0.25, 0.3) is 0 Å². The summed E-state index contributed by atoms with van der Waals surface area (Å²) in [5.74, 6) is 1.70. The maximum absolute atomic E-state index is 5.41. The number of aryl methyl sites for hydroxylation is 1. The maximum atomic E-state index is 5.41. The minimum absolute atomic E-state index is 0.0670. The predicted octanol–water partition coefficient (Wildman–Crippen LogP) is 1.81. The lowest BCUT2D eigenvalue weighted by atomic mass is 10.0. The van der Waals surface area contributed by atoms with E-state index in [2.05, 4.69) is 37.5 Å². The van der Waals surface area contributed by atoms with Crippen LogP contribution in [0, 0.1) is 6.92 Å². The largest absolute Gasteiger partial charge is 0.454 e. The molecule has 0 saturated carbocycles. The van der Waals surface area contributed by atoms with Crippen LogP contribution in [0.5, 0.6) is 11.5 Å². The zero-order valence-electron chi connectivity index (χ0n) is 11.6. The Morgan fingerprint density at radius 3 is 2.56 bits per heavy atom. The molecule has 4 nitrogen and oxygen atoms in total. The molecule has 2 N–H and O–H groups in total. The molecule has 1 aliphatic heterocycles. The monoisotopic (exact) mass is 250 g/mol. The number of nitrogens with one attached hydrogen (secondary N) is 2. The van der Waals surface area contributed by atoms with Gasteiger partial charge in [-0.1, -0.05) is 0 Å². The molecule has 0 aliphatic carbocycles. The fourth-order valence-corrected chi connectivity index (χ4v) is 2.12. The minimum atomic E-state index is 0.0670. The quantitative estimate of drug-likeness (QED) is 0.836. The van der Waals surface area contributed by atoms with Gasteiger partial charge in [-0.3, -0.25) is 0 Å². The molecule has 1 aromatic rings. The summed E-state index contributed by atoms with van der Waals surface area (Å²) in [4.78, 5) is 0. The number of benzene rings is 1. The molecule has 0 spiro atoms. The highest BCUT2D eigenvalue weighted by molar-refractivity contribution is 5.48. The molecule has 1 aromatic carbocycles. The lowest BCUT2D eigenvalue weighted by Crippen LogP contribution is -2.46. The Labute approximate surface area is 109 Å². The van der Waals surface area contributed by atoms with Crippen LogP contribution in [0.15, 0.2) is 12.1 Å². The molecule has 0 fully saturated rings. The Balaban J connectivity index is 2.06. The van der Waals surface area contributed by atoms with E-state index in [4.69, 9.17) is 9.47 Å². The first-order valence-corrected chi connectivity index (χ1v) is 6.30. The Morgan fingerprint density at radius 1 is 1.22 bits per heavy atom. The van der Waals surface area contributed by atoms with Crippen LogP contribution in [0.25, 0.3) is 0 Å². The summed E-state index contributed by atoms with van der Waals surface area (Å²) in [6.45, 7) is 8.56. The van der Waals surface area contributed by atoms with Gasteiger partial charge in [-0.2, -0.15) is 0 Å². The summed E-state index contributed by atoms with van der Waals surface area (Å²) < 4.78 is 10.8.